The monoisotopic (exact) mass is 552 g/mol. The Bertz CT molecular complexity index is 1010. The standard InChI is InChI=1S/C33H48N2O5/c1-2-3-4-5-6-7-8-9-10-11-12-13-17-24-30(36)34-28-23-19-18-22-27(28)32(38)35-29(31(37)33(39)40)25-26-20-15-14-16-21-26/h14-16,18-23,29,31,37H,2-13,17,24-25H2,1H3,(H,34,36)(H,35,38)(H,39,40)/t29-,31+/m0/s1. The number of benzene rings is 2. The number of nitrogens with one attached hydrogen (secondary N) is 2. The van der Waals surface area contributed by atoms with Crippen molar-refractivity contribution >= 4 is 23.5 Å². The predicted octanol–water partition coefficient (Wildman–Crippen LogP) is 6.89. The van der Waals surface area contributed by atoms with Gasteiger partial charge in [-0.05, 0) is 30.5 Å². The lowest BCUT2D eigenvalue weighted by Gasteiger charge is -2.22. The third-order valence-corrected chi connectivity index (χ3v) is 7.20. The van der Waals surface area contributed by atoms with Crippen molar-refractivity contribution in [1.29, 1.82) is 0 Å². The summed E-state index contributed by atoms with van der Waals surface area (Å²) >= 11 is 0. The number of carboxylic acids is 1. The van der Waals surface area contributed by atoms with Crippen LogP contribution in [0, 0.1) is 0 Å². The molecule has 0 aliphatic heterocycles. The second kappa shape index (κ2) is 19.8. The molecule has 2 rings (SSSR count). The van der Waals surface area contributed by atoms with Gasteiger partial charge < -0.3 is 20.8 Å². The quantitative estimate of drug-likeness (QED) is 0.126. The van der Waals surface area contributed by atoms with Crippen molar-refractivity contribution in [2.45, 2.75) is 115 Å². The van der Waals surface area contributed by atoms with E-state index in [1.807, 2.05) is 18.2 Å². The summed E-state index contributed by atoms with van der Waals surface area (Å²) in [7, 11) is 0. The molecular formula is C33H48N2O5. The van der Waals surface area contributed by atoms with E-state index in [0.717, 1.165) is 24.8 Å². The number of carboxylic acid groups (broad SMARTS) is 1. The molecule has 0 bridgehead atoms. The fourth-order valence-electron chi connectivity index (χ4n) is 4.83. The van der Waals surface area contributed by atoms with Gasteiger partial charge in [-0.2, -0.15) is 0 Å². The lowest BCUT2D eigenvalue weighted by molar-refractivity contribution is -0.148. The Kier molecular flexibility index (Phi) is 16.3. The van der Waals surface area contributed by atoms with Crippen LogP contribution in [0.3, 0.4) is 0 Å². The number of carbonyl (C=O) groups is 3. The molecule has 7 nitrogen and oxygen atoms in total. The topological polar surface area (TPSA) is 116 Å². The Morgan fingerprint density at radius 1 is 0.725 bits per heavy atom. The highest BCUT2D eigenvalue weighted by molar-refractivity contribution is 6.04. The van der Waals surface area contributed by atoms with Crippen LogP contribution in [0.2, 0.25) is 0 Å². The third kappa shape index (κ3) is 13.2. The fourth-order valence-corrected chi connectivity index (χ4v) is 4.83. The molecule has 40 heavy (non-hydrogen) atoms. The van der Waals surface area contributed by atoms with Crippen molar-refractivity contribution in [3.63, 3.8) is 0 Å². The molecule has 0 fully saturated rings. The highest BCUT2D eigenvalue weighted by atomic mass is 16.4. The summed E-state index contributed by atoms with van der Waals surface area (Å²) in [5.41, 5.74) is 1.37. The molecule has 0 unspecified atom stereocenters. The van der Waals surface area contributed by atoms with Crippen LogP contribution in [0.4, 0.5) is 5.69 Å². The average Bonchev–Trinajstić information content (AvgIpc) is 2.95. The van der Waals surface area contributed by atoms with Gasteiger partial charge in [0.2, 0.25) is 5.91 Å². The summed E-state index contributed by atoms with van der Waals surface area (Å²) < 4.78 is 0. The fraction of sp³-hybridized carbons (Fsp3) is 0.545. The molecule has 0 aromatic heterocycles. The Morgan fingerprint density at radius 2 is 1.25 bits per heavy atom. The molecule has 2 amide bonds. The van der Waals surface area contributed by atoms with Gasteiger partial charge in [-0.3, -0.25) is 9.59 Å². The Labute approximate surface area is 239 Å². The van der Waals surface area contributed by atoms with E-state index in [2.05, 4.69) is 17.6 Å². The van der Waals surface area contributed by atoms with Crippen LogP contribution in [-0.4, -0.2) is 40.1 Å². The minimum absolute atomic E-state index is 0.146. The number of rotatable bonds is 21. The molecule has 220 valence electrons. The second-order valence-corrected chi connectivity index (χ2v) is 10.6. The van der Waals surface area contributed by atoms with Crippen LogP contribution in [0.5, 0.6) is 0 Å². The maximum Gasteiger partial charge on any atom is 0.334 e. The van der Waals surface area contributed by atoms with E-state index in [4.69, 9.17) is 0 Å². The van der Waals surface area contributed by atoms with Gasteiger partial charge in [0, 0.05) is 6.42 Å². The van der Waals surface area contributed by atoms with Gasteiger partial charge in [0.15, 0.2) is 6.10 Å². The first kappa shape index (κ1) is 33.0. The van der Waals surface area contributed by atoms with Crippen LogP contribution < -0.4 is 10.6 Å². The number of aliphatic hydroxyl groups is 1. The van der Waals surface area contributed by atoms with Gasteiger partial charge in [0.1, 0.15) is 0 Å². The molecule has 2 atom stereocenters. The molecule has 0 saturated carbocycles. The zero-order chi connectivity index (χ0) is 29.0. The van der Waals surface area contributed by atoms with Crippen molar-refractivity contribution in [2.24, 2.45) is 0 Å². The molecule has 0 spiro atoms. The van der Waals surface area contributed by atoms with E-state index in [-0.39, 0.29) is 17.9 Å². The van der Waals surface area contributed by atoms with E-state index in [1.54, 1.807) is 36.4 Å². The molecule has 0 heterocycles. The van der Waals surface area contributed by atoms with Crippen molar-refractivity contribution in [2.75, 3.05) is 5.32 Å². The summed E-state index contributed by atoms with van der Waals surface area (Å²) in [6.45, 7) is 2.25. The molecule has 0 radical (unpaired) electrons. The number of aliphatic hydroxyl groups excluding tert-OH is 1. The second-order valence-electron chi connectivity index (χ2n) is 10.6. The first-order valence-electron chi connectivity index (χ1n) is 15.1. The van der Waals surface area contributed by atoms with Gasteiger partial charge >= 0.3 is 5.97 Å². The maximum absolute atomic E-state index is 13.1. The van der Waals surface area contributed by atoms with Crippen LogP contribution in [0.1, 0.15) is 113 Å². The van der Waals surface area contributed by atoms with Crippen LogP contribution in [0.15, 0.2) is 54.6 Å². The van der Waals surface area contributed by atoms with E-state index < -0.39 is 24.0 Å². The van der Waals surface area contributed by atoms with E-state index in [1.165, 1.54) is 64.2 Å². The van der Waals surface area contributed by atoms with Crippen molar-refractivity contribution in [1.82, 2.24) is 5.32 Å². The number of para-hydroxylation sites is 1. The number of hydrogen-bond acceptors (Lipinski definition) is 4. The summed E-state index contributed by atoms with van der Waals surface area (Å²) in [6.07, 6.45) is 14.8. The van der Waals surface area contributed by atoms with Crippen LogP contribution in [-0.2, 0) is 16.0 Å². The zero-order valence-corrected chi connectivity index (χ0v) is 24.1. The maximum atomic E-state index is 13.1. The highest BCUT2D eigenvalue weighted by Crippen LogP contribution is 2.18. The van der Waals surface area contributed by atoms with E-state index in [0.29, 0.717) is 12.1 Å². The SMILES string of the molecule is CCCCCCCCCCCCCCCC(=O)Nc1ccccc1C(=O)N[C@@H](Cc1ccccc1)[C@@H](O)C(=O)O. The minimum Gasteiger partial charge on any atom is -0.479 e. The number of hydrogen-bond donors (Lipinski definition) is 4. The molecule has 2 aromatic carbocycles. The van der Waals surface area contributed by atoms with E-state index >= 15 is 0 Å². The van der Waals surface area contributed by atoms with E-state index in [9.17, 15) is 24.6 Å². The smallest absolute Gasteiger partial charge is 0.334 e. The summed E-state index contributed by atoms with van der Waals surface area (Å²) in [6, 6.07) is 14.6. The van der Waals surface area contributed by atoms with Crippen LogP contribution in [0.25, 0.3) is 0 Å². The predicted molar refractivity (Wildman–Crippen MR) is 160 cm³/mol. The Balaban J connectivity index is 1.75. The highest BCUT2D eigenvalue weighted by Gasteiger charge is 2.28. The van der Waals surface area contributed by atoms with Gasteiger partial charge in [-0.25, -0.2) is 4.79 Å². The number of carbonyl (C=O) groups excluding carboxylic acids is 2. The summed E-state index contributed by atoms with van der Waals surface area (Å²) in [4.78, 5) is 37.2. The van der Waals surface area contributed by atoms with Crippen molar-refractivity contribution < 1.29 is 24.6 Å². The van der Waals surface area contributed by atoms with Gasteiger partial charge in [-0.1, -0.05) is 126 Å². The normalized spacial score (nSPS) is 12.4. The first-order chi connectivity index (χ1) is 19.4. The summed E-state index contributed by atoms with van der Waals surface area (Å²) in [5.74, 6) is -2.13. The number of amides is 2. The van der Waals surface area contributed by atoms with Crippen molar-refractivity contribution in [3.05, 3.63) is 65.7 Å². The molecule has 0 aliphatic rings. The van der Waals surface area contributed by atoms with Crippen molar-refractivity contribution in [3.8, 4) is 0 Å². The number of aliphatic carboxylic acids is 1. The number of anilines is 1. The average molecular weight is 553 g/mol. The molecular weight excluding hydrogens is 504 g/mol. The van der Waals surface area contributed by atoms with Gasteiger partial charge in [0.25, 0.3) is 5.91 Å². The lowest BCUT2D eigenvalue weighted by Crippen LogP contribution is -2.48. The molecule has 0 saturated heterocycles. The van der Waals surface area contributed by atoms with Crippen LogP contribution >= 0.6 is 0 Å². The number of unbranched alkanes of at least 4 members (excludes halogenated alkanes) is 12. The third-order valence-electron chi connectivity index (χ3n) is 7.20. The lowest BCUT2D eigenvalue weighted by atomic mass is 10.0. The zero-order valence-electron chi connectivity index (χ0n) is 24.1. The largest absolute Gasteiger partial charge is 0.479 e. The molecule has 0 aliphatic carbocycles. The van der Waals surface area contributed by atoms with Gasteiger partial charge in [0.05, 0.1) is 17.3 Å². The molecule has 7 heteroatoms. The summed E-state index contributed by atoms with van der Waals surface area (Å²) in [5, 5.41) is 25.1. The minimum atomic E-state index is -1.78. The molecule has 4 N–H and O–H groups in total. The first-order valence-corrected chi connectivity index (χ1v) is 15.1. The van der Waals surface area contributed by atoms with Gasteiger partial charge in [-0.15, -0.1) is 0 Å². The Hall–Kier alpha value is -3.19. The molecule has 2 aromatic rings. The Morgan fingerprint density at radius 3 is 1.82 bits per heavy atom.